The lowest BCUT2D eigenvalue weighted by molar-refractivity contribution is 0.628. The molecule has 1 aromatic heterocycles. The van der Waals surface area contributed by atoms with Crippen molar-refractivity contribution in [1.82, 2.24) is 15.3 Å². The molecule has 4 nitrogen and oxygen atoms in total. The van der Waals surface area contributed by atoms with E-state index in [0.29, 0.717) is 18.1 Å². The first-order valence-electron chi connectivity index (χ1n) is 5.20. The molecule has 88 valence electrons. The van der Waals surface area contributed by atoms with Crippen LogP contribution in [0.4, 0.5) is 4.39 Å². The minimum Gasteiger partial charge on any atom is -0.313 e. The smallest absolute Gasteiger partial charge is 0.251 e. The summed E-state index contributed by atoms with van der Waals surface area (Å²) in [4.78, 5) is 18.3. The van der Waals surface area contributed by atoms with Crippen LogP contribution in [0.15, 0.2) is 35.1 Å². The van der Waals surface area contributed by atoms with Crippen molar-refractivity contribution in [3.8, 4) is 11.3 Å². The van der Waals surface area contributed by atoms with E-state index in [4.69, 9.17) is 0 Å². The van der Waals surface area contributed by atoms with Gasteiger partial charge in [0.1, 0.15) is 11.6 Å². The lowest BCUT2D eigenvalue weighted by Gasteiger charge is -2.03. The highest BCUT2D eigenvalue weighted by Crippen LogP contribution is 2.15. The van der Waals surface area contributed by atoms with E-state index in [0.717, 1.165) is 5.56 Å². The number of rotatable bonds is 3. The third-order valence-electron chi connectivity index (χ3n) is 2.27. The van der Waals surface area contributed by atoms with Crippen molar-refractivity contribution >= 4 is 0 Å². The molecule has 0 bridgehead atoms. The predicted octanol–water partition coefficient (Wildman–Crippen LogP) is 1.30. The number of aromatic nitrogens is 2. The van der Waals surface area contributed by atoms with Gasteiger partial charge in [-0.3, -0.25) is 4.79 Å². The Bertz CT molecular complexity index is 563. The molecule has 0 saturated carbocycles. The second-order valence-electron chi connectivity index (χ2n) is 3.61. The lowest BCUT2D eigenvalue weighted by atomic mass is 10.1. The lowest BCUT2D eigenvalue weighted by Crippen LogP contribution is -2.16. The first kappa shape index (κ1) is 11.5. The van der Waals surface area contributed by atoms with Crippen molar-refractivity contribution in [1.29, 1.82) is 0 Å². The van der Waals surface area contributed by atoms with Crippen molar-refractivity contribution in [3.05, 3.63) is 52.3 Å². The van der Waals surface area contributed by atoms with Gasteiger partial charge in [-0.1, -0.05) is 0 Å². The summed E-state index contributed by atoms with van der Waals surface area (Å²) in [5, 5.41) is 2.91. The van der Waals surface area contributed by atoms with E-state index in [1.807, 2.05) is 0 Å². The molecule has 0 aliphatic rings. The molecule has 0 radical (unpaired) electrons. The van der Waals surface area contributed by atoms with Crippen LogP contribution < -0.4 is 10.9 Å². The zero-order chi connectivity index (χ0) is 12.3. The quantitative estimate of drug-likeness (QED) is 0.840. The van der Waals surface area contributed by atoms with Crippen molar-refractivity contribution < 1.29 is 4.39 Å². The SMILES string of the molecule is CNCc1nc(-c2ccc(F)cc2)cc(=O)[nH]1. The Morgan fingerprint density at radius 2 is 2.06 bits per heavy atom. The number of H-pyrrole nitrogens is 1. The number of nitrogens with one attached hydrogen (secondary N) is 2. The monoisotopic (exact) mass is 233 g/mol. The summed E-state index contributed by atoms with van der Waals surface area (Å²) in [6.45, 7) is 0.476. The number of halogens is 1. The fraction of sp³-hybridized carbons (Fsp3) is 0.167. The van der Waals surface area contributed by atoms with Gasteiger partial charge in [-0.25, -0.2) is 9.37 Å². The van der Waals surface area contributed by atoms with E-state index in [9.17, 15) is 9.18 Å². The molecule has 1 aromatic carbocycles. The Morgan fingerprint density at radius 3 is 2.71 bits per heavy atom. The molecule has 17 heavy (non-hydrogen) atoms. The van der Waals surface area contributed by atoms with Gasteiger partial charge in [-0.2, -0.15) is 0 Å². The zero-order valence-electron chi connectivity index (χ0n) is 9.33. The summed E-state index contributed by atoms with van der Waals surface area (Å²) < 4.78 is 12.8. The molecular formula is C12H12FN3O. The Labute approximate surface area is 97.5 Å². The van der Waals surface area contributed by atoms with Gasteiger partial charge in [0.05, 0.1) is 12.2 Å². The standard InChI is InChI=1S/C12H12FN3O/c1-14-7-11-15-10(6-12(17)16-11)8-2-4-9(13)5-3-8/h2-6,14H,7H2,1H3,(H,15,16,17). The fourth-order valence-corrected chi connectivity index (χ4v) is 1.53. The third-order valence-corrected chi connectivity index (χ3v) is 2.27. The number of aromatic amines is 1. The van der Waals surface area contributed by atoms with E-state index < -0.39 is 0 Å². The van der Waals surface area contributed by atoms with Crippen LogP contribution in [0.5, 0.6) is 0 Å². The minimum atomic E-state index is -0.311. The molecule has 0 atom stereocenters. The molecular weight excluding hydrogens is 221 g/mol. The molecule has 0 amide bonds. The van der Waals surface area contributed by atoms with E-state index in [1.165, 1.54) is 18.2 Å². The van der Waals surface area contributed by atoms with E-state index in [2.05, 4.69) is 15.3 Å². The van der Waals surface area contributed by atoms with Gasteiger partial charge in [-0.05, 0) is 31.3 Å². The predicted molar refractivity (Wildman–Crippen MR) is 63.0 cm³/mol. The summed E-state index contributed by atoms with van der Waals surface area (Å²) in [5.74, 6) is 0.244. The van der Waals surface area contributed by atoms with Crippen LogP contribution in [-0.2, 0) is 6.54 Å². The normalized spacial score (nSPS) is 10.5. The van der Waals surface area contributed by atoms with Gasteiger partial charge in [0.25, 0.3) is 5.56 Å². The van der Waals surface area contributed by atoms with Crippen LogP contribution in [0, 0.1) is 5.82 Å². The van der Waals surface area contributed by atoms with Gasteiger partial charge in [0.2, 0.25) is 0 Å². The Hall–Kier alpha value is -2.01. The summed E-state index contributed by atoms with van der Waals surface area (Å²) in [6, 6.07) is 7.28. The Balaban J connectivity index is 2.44. The van der Waals surface area contributed by atoms with E-state index in [1.54, 1.807) is 19.2 Å². The number of hydrogen-bond donors (Lipinski definition) is 2. The first-order valence-corrected chi connectivity index (χ1v) is 5.20. The molecule has 0 saturated heterocycles. The Kier molecular flexibility index (Phi) is 3.30. The number of benzene rings is 1. The molecule has 2 N–H and O–H groups in total. The summed E-state index contributed by atoms with van der Waals surface area (Å²) >= 11 is 0. The highest BCUT2D eigenvalue weighted by molar-refractivity contribution is 5.58. The highest BCUT2D eigenvalue weighted by Gasteiger charge is 2.03. The van der Waals surface area contributed by atoms with E-state index >= 15 is 0 Å². The fourth-order valence-electron chi connectivity index (χ4n) is 1.53. The minimum absolute atomic E-state index is 0.218. The van der Waals surface area contributed by atoms with Crippen LogP contribution in [-0.4, -0.2) is 17.0 Å². The van der Waals surface area contributed by atoms with Crippen LogP contribution in [0.2, 0.25) is 0 Å². The molecule has 0 spiro atoms. The van der Waals surface area contributed by atoms with Crippen LogP contribution in [0.25, 0.3) is 11.3 Å². The maximum atomic E-state index is 12.8. The van der Waals surface area contributed by atoms with Crippen molar-refractivity contribution in [3.63, 3.8) is 0 Å². The summed E-state index contributed by atoms with van der Waals surface area (Å²) in [6.07, 6.45) is 0. The van der Waals surface area contributed by atoms with E-state index in [-0.39, 0.29) is 11.4 Å². The molecule has 2 aromatic rings. The average Bonchev–Trinajstić information content (AvgIpc) is 2.29. The van der Waals surface area contributed by atoms with Gasteiger partial charge in [0.15, 0.2) is 0 Å². The van der Waals surface area contributed by atoms with Crippen molar-refractivity contribution in [2.24, 2.45) is 0 Å². The second-order valence-corrected chi connectivity index (χ2v) is 3.61. The summed E-state index contributed by atoms with van der Waals surface area (Å²) in [5.41, 5.74) is 1.04. The average molecular weight is 233 g/mol. The van der Waals surface area contributed by atoms with Crippen LogP contribution in [0.3, 0.4) is 0 Å². The molecule has 0 aliphatic heterocycles. The topological polar surface area (TPSA) is 57.8 Å². The first-order chi connectivity index (χ1) is 8.19. The largest absolute Gasteiger partial charge is 0.313 e. The van der Waals surface area contributed by atoms with Crippen LogP contribution in [0.1, 0.15) is 5.82 Å². The second kappa shape index (κ2) is 4.88. The highest BCUT2D eigenvalue weighted by atomic mass is 19.1. The molecule has 0 aliphatic carbocycles. The van der Waals surface area contributed by atoms with Crippen molar-refractivity contribution in [2.45, 2.75) is 6.54 Å². The number of nitrogens with zero attached hydrogens (tertiary/aromatic N) is 1. The zero-order valence-corrected chi connectivity index (χ0v) is 9.33. The van der Waals surface area contributed by atoms with Crippen molar-refractivity contribution in [2.75, 3.05) is 7.05 Å². The van der Waals surface area contributed by atoms with Crippen LogP contribution >= 0.6 is 0 Å². The molecule has 5 heteroatoms. The molecule has 2 rings (SSSR count). The third kappa shape index (κ3) is 2.76. The molecule has 0 unspecified atom stereocenters. The molecule has 0 fully saturated rings. The van der Waals surface area contributed by atoms with Gasteiger partial charge in [-0.15, -0.1) is 0 Å². The van der Waals surface area contributed by atoms with Gasteiger partial charge < -0.3 is 10.3 Å². The number of hydrogen-bond acceptors (Lipinski definition) is 3. The van der Waals surface area contributed by atoms with Gasteiger partial charge >= 0.3 is 0 Å². The maximum absolute atomic E-state index is 12.8. The molecule has 1 heterocycles. The van der Waals surface area contributed by atoms with Gasteiger partial charge in [0, 0.05) is 11.6 Å². The maximum Gasteiger partial charge on any atom is 0.251 e. The summed E-state index contributed by atoms with van der Waals surface area (Å²) in [7, 11) is 1.77. The Morgan fingerprint density at radius 1 is 1.35 bits per heavy atom.